The summed E-state index contributed by atoms with van der Waals surface area (Å²) in [6.07, 6.45) is 3.25. The first-order chi connectivity index (χ1) is 9.65. The summed E-state index contributed by atoms with van der Waals surface area (Å²) in [6, 6.07) is 11.2. The third kappa shape index (κ3) is 3.91. The van der Waals surface area contributed by atoms with Gasteiger partial charge in [-0.1, -0.05) is 12.1 Å². The van der Waals surface area contributed by atoms with E-state index in [1.165, 1.54) is 0 Å². The molecule has 1 aromatic carbocycles. The van der Waals surface area contributed by atoms with Crippen molar-refractivity contribution in [1.29, 1.82) is 0 Å². The summed E-state index contributed by atoms with van der Waals surface area (Å²) in [4.78, 5) is 25.8. The van der Waals surface area contributed by atoms with Crippen molar-refractivity contribution in [3.8, 4) is 11.1 Å². The molecule has 0 unspecified atom stereocenters. The number of hydrogen-bond donors (Lipinski definition) is 2. The number of nitrogens with one attached hydrogen (secondary N) is 1. The third-order valence-corrected chi connectivity index (χ3v) is 2.75. The average Bonchev–Trinajstić information content (AvgIpc) is 2.47. The van der Waals surface area contributed by atoms with E-state index < -0.39 is 5.97 Å². The van der Waals surface area contributed by atoms with Crippen molar-refractivity contribution >= 4 is 17.6 Å². The summed E-state index contributed by atoms with van der Waals surface area (Å²) in [5.74, 6) is -1.28. The van der Waals surface area contributed by atoms with Crippen LogP contribution in [0.5, 0.6) is 0 Å². The van der Waals surface area contributed by atoms with Gasteiger partial charge in [0, 0.05) is 24.5 Å². The predicted octanol–water partition coefficient (Wildman–Crippen LogP) is 2.55. The largest absolute Gasteiger partial charge is 0.481 e. The van der Waals surface area contributed by atoms with Crippen LogP contribution in [0.25, 0.3) is 11.1 Å². The van der Waals surface area contributed by atoms with Crippen LogP contribution in [0.4, 0.5) is 5.69 Å². The van der Waals surface area contributed by atoms with Crippen LogP contribution in [0.1, 0.15) is 12.8 Å². The van der Waals surface area contributed by atoms with Crippen molar-refractivity contribution in [2.24, 2.45) is 0 Å². The number of rotatable bonds is 5. The van der Waals surface area contributed by atoms with Crippen molar-refractivity contribution in [1.82, 2.24) is 4.98 Å². The number of amides is 1. The number of hydrogen-bond acceptors (Lipinski definition) is 3. The zero-order chi connectivity index (χ0) is 14.4. The molecule has 5 heteroatoms. The van der Waals surface area contributed by atoms with E-state index in [0.29, 0.717) is 5.69 Å². The molecule has 1 heterocycles. The molecule has 2 N–H and O–H groups in total. The topological polar surface area (TPSA) is 79.3 Å². The lowest BCUT2D eigenvalue weighted by Crippen LogP contribution is -2.13. The molecule has 0 saturated heterocycles. The summed E-state index contributed by atoms with van der Waals surface area (Å²) >= 11 is 0. The number of anilines is 1. The molecular weight excluding hydrogens is 256 g/mol. The second-order valence-electron chi connectivity index (χ2n) is 4.26. The van der Waals surface area contributed by atoms with Gasteiger partial charge in [0.25, 0.3) is 0 Å². The van der Waals surface area contributed by atoms with Gasteiger partial charge in [-0.2, -0.15) is 0 Å². The summed E-state index contributed by atoms with van der Waals surface area (Å²) < 4.78 is 0. The van der Waals surface area contributed by atoms with Crippen LogP contribution in [-0.2, 0) is 9.59 Å². The SMILES string of the molecule is O=C(O)CCC(=O)Nc1ccc(-c2ccncc2)cc1. The van der Waals surface area contributed by atoms with Crippen LogP contribution in [0, 0.1) is 0 Å². The van der Waals surface area contributed by atoms with E-state index in [-0.39, 0.29) is 18.7 Å². The molecule has 0 fully saturated rings. The van der Waals surface area contributed by atoms with Gasteiger partial charge in [-0.05, 0) is 35.4 Å². The molecule has 1 aromatic heterocycles. The molecule has 0 radical (unpaired) electrons. The number of benzene rings is 1. The first-order valence-electron chi connectivity index (χ1n) is 6.17. The van der Waals surface area contributed by atoms with Gasteiger partial charge in [-0.25, -0.2) is 0 Å². The monoisotopic (exact) mass is 270 g/mol. The molecule has 0 bridgehead atoms. The lowest BCUT2D eigenvalue weighted by atomic mass is 10.1. The Morgan fingerprint density at radius 3 is 2.15 bits per heavy atom. The molecule has 0 atom stereocenters. The molecule has 2 rings (SSSR count). The summed E-state index contributed by atoms with van der Waals surface area (Å²) in [5, 5.41) is 11.2. The minimum absolute atomic E-state index is 0.0263. The third-order valence-electron chi connectivity index (χ3n) is 2.75. The van der Waals surface area contributed by atoms with Crippen LogP contribution in [0.2, 0.25) is 0 Å². The lowest BCUT2D eigenvalue weighted by Gasteiger charge is -2.06. The Labute approximate surface area is 116 Å². The lowest BCUT2D eigenvalue weighted by molar-refractivity contribution is -0.138. The van der Waals surface area contributed by atoms with Gasteiger partial charge in [0.15, 0.2) is 0 Å². The molecular formula is C15H14N2O3. The second kappa shape index (κ2) is 6.47. The molecule has 1 amide bonds. The van der Waals surface area contributed by atoms with E-state index in [4.69, 9.17) is 5.11 Å². The Hall–Kier alpha value is -2.69. The van der Waals surface area contributed by atoms with E-state index in [2.05, 4.69) is 10.3 Å². The summed E-state index contributed by atoms with van der Waals surface area (Å²) in [6.45, 7) is 0. The van der Waals surface area contributed by atoms with Crippen LogP contribution in [0.15, 0.2) is 48.8 Å². The van der Waals surface area contributed by atoms with Crippen LogP contribution in [-0.4, -0.2) is 22.0 Å². The Bertz CT molecular complexity index is 594. The summed E-state index contributed by atoms with van der Waals surface area (Å²) in [7, 11) is 0. The first kappa shape index (κ1) is 13.7. The molecule has 0 aliphatic heterocycles. The highest BCUT2D eigenvalue weighted by molar-refractivity contribution is 5.92. The maximum absolute atomic E-state index is 11.5. The van der Waals surface area contributed by atoms with Gasteiger partial charge in [0.2, 0.25) is 5.91 Å². The van der Waals surface area contributed by atoms with Crippen molar-refractivity contribution in [3.63, 3.8) is 0 Å². The summed E-state index contributed by atoms with van der Waals surface area (Å²) in [5.41, 5.74) is 2.72. The van der Waals surface area contributed by atoms with Crippen LogP contribution in [0.3, 0.4) is 0 Å². The molecule has 0 spiro atoms. The number of carbonyl (C=O) groups excluding carboxylic acids is 1. The number of aliphatic carboxylic acids is 1. The van der Waals surface area contributed by atoms with Crippen molar-refractivity contribution in [2.45, 2.75) is 12.8 Å². The van der Waals surface area contributed by atoms with E-state index in [1.807, 2.05) is 24.3 Å². The smallest absolute Gasteiger partial charge is 0.303 e. The predicted molar refractivity (Wildman–Crippen MR) is 75.2 cm³/mol. The maximum atomic E-state index is 11.5. The number of carboxylic acids is 1. The van der Waals surface area contributed by atoms with Gasteiger partial charge in [0.05, 0.1) is 6.42 Å². The Morgan fingerprint density at radius 2 is 1.55 bits per heavy atom. The average molecular weight is 270 g/mol. The zero-order valence-corrected chi connectivity index (χ0v) is 10.7. The molecule has 2 aromatic rings. The van der Waals surface area contributed by atoms with Gasteiger partial charge < -0.3 is 10.4 Å². The highest BCUT2D eigenvalue weighted by atomic mass is 16.4. The zero-order valence-electron chi connectivity index (χ0n) is 10.7. The molecule has 102 valence electrons. The number of nitrogens with zero attached hydrogens (tertiary/aromatic N) is 1. The van der Waals surface area contributed by atoms with Crippen molar-refractivity contribution in [2.75, 3.05) is 5.32 Å². The molecule has 0 aliphatic rings. The van der Waals surface area contributed by atoms with Crippen molar-refractivity contribution in [3.05, 3.63) is 48.8 Å². The van der Waals surface area contributed by atoms with E-state index >= 15 is 0 Å². The standard InChI is InChI=1S/C15H14N2O3/c18-14(5-6-15(19)20)17-13-3-1-11(2-4-13)12-7-9-16-10-8-12/h1-4,7-10H,5-6H2,(H,17,18)(H,19,20). The number of aromatic nitrogens is 1. The quantitative estimate of drug-likeness (QED) is 0.875. The molecule has 0 saturated carbocycles. The van der Waals surface area contributed by atoms with Crippen LogP contribution < -0.4 is 5.32 Å². The molecule has 20 heavy (non-hydrogen) atoms. The van der Waals surface area contributed by atoms with E-state index in [0.717, 1.165) is 11.1 Å². The van der Waals surface area contributed by atoms with Gasteiger partial charge in [-0.3, -0.25) is 14.6 Å². The fourth-order valence-electron chi connectivity index (χ4n) is 1.73. The van der Waals surface area contributed by atoms with Gasteiger partial charge in [-0.15, -0.1) is 0 Å². The normalized spacial score (nSPS) is 10.0. The maximum Gasteiger partial charge on any atom is 0.303 e. The number of pyridine rings is 1. The molecule has 5 nitrogen and oxygen atoms in total. The fourth-order valence-corrected chi connectivity index (χ4v) is 1.73. The fraction of sp³-hybridized carbons (Fsp3) is 0.133. The molecule has 0 aliphatic carbocycles. The minimum Gasteiger partial charge on any atom is -0.481 e. The van der Waals surface area contributed by atoms with E-state index in [1.54, 1.807) is 24.5 Å². The number of carboxylic acid groups (broad SMARTS) is 1. The van der Waals surface area contributed by atoms with Crippen LogP contribution >= 0.6 is 0 Å². The van der Waals surface area contributed by atoms with Crippen molar-refractivity contribution < 1.29 is 14.7 Å². The Morgan fingerprint density at radius 1 is 0.950 bits per heavy atom. The highest BCUT2D eigenvalue weighted by Crippen LogP contribution is 2.20. The second-order valence-corrected chi connectivity index (χ2v) is 4.26. The highest BCUT2D eigenvalue weighted by Gasteiger charge is 2.05. The van der Waals surface area contributed by atoms with Gasteiger partial charge in [0.1, 0.15) is 0 Å². The Balaban J connectivity index is 1.98. The Kier molecular flexibility index (Phi) is 4.44. The first-order valence-corrected chi connectivity index (χ1v) is 6.17. The minimum atomic E-state index is -0.979. The number of carbonyl (C=O) groups is 2. The van der Waals surface area contributed by atoms with E-state index in [9.17, 15) is 9.59 Å². The van der Waals surface area contributed by atoms with Gasteiger partial charge >= 0.3 is 5.97 Å².